The van der Waals surface area contributed by atoms with E-state index in [2.05, 4.69) is 34.0 Å². The number of aromatic nitrogens is 4. The lowest BCUT2D eigenvalue weighted by Crippen LogP contribution is -1.83. The molecule has 7 heteroatoms. The van der Waals surface area contributed by atoms with E-state index in [1.807, 2.05) is 24.3 Å². The van der Waals surface area contributed by atoms with Crippen LogP contribution in [0.25, 0.3) is 11.4 Å². The number of hydrogen-bond acceptors (Lipinski definition) is 5. The molecule has 0 amide bonds. The fourth-order valence-electron chi connectivity index (χ4n) is 1.83. The van der Waals surface area contributed by atoms with E-state index >= 15 is 0 Å². The van der Waals surface area contributed by atoms with Crippen molar-refractivity contribution in [2.75, 3.05) is 0 Å². The summed E-state index contributed by atoms with van der Waals surface area (Å²) in [4.78, 5) is 8.71. The second kappa shape index (κ2) is 6.54. The van der Waals surface area contributed by atoms with E-state index < -0.39 is 0 Å². The van der Waals surface area contributed by atoms with Crippen LogP contribution < -0.4 is 0 Å². The summed E-state index contributed by atoms with van der Waals surface area (Å²) in [5, 5.41) is 8.48. The minimum absolute atomic E-state index is 0.339. The third-order valence-corrected chi connectivity index (χ3v) is 4.13. The molecule has 1 N–H and O–H groups in total. The van der Waals surface area contributed by atoms with Crippen molar-refractivity contribution < 1.29 is 4.42 Å². The Labute approximate surface area is 137 Å². The first-order valence-corrected chi connectivity index (χ1v) is 8.24. The SMILES string of the molecule is CC(C)c1cnc(CSc2n[nH]c(-c3ccc(Cl)cc3)n2)o1. The molecule has 114 valence electrons. The largest absolute Gasteiger partial charge is 0.445 e. The van der Waals surface area contributed by atoms with Crippen LogP contribution in [0.3, 0.4) is 0 Å². The quantitative estimate of drug-likeness (QED) is 0.694. The lowest BCUT2D eigenvalue weighted by Gasteiger charge is -1.97. The van der Waals surface area contributed by atoms with Gasteiger partial charge in [-0.2, -0.15) is 0 Å². The number of nitrogens with zero attached hydrogens (tertiary/aromatic N) is 3. The van der Waals surface area contributed by atoms with Crippen LogP contribution in [-0.2, 0) is 5.75 Å². The maximum absolute atomic E-state index is 5.88. The summed E-state index contributed by atoms with van der Waals surface area (Å²) in [5.74, 6) is 3.24. The molecule has 0 saturated carbocycles. The first kappa shape index (κ1) is 15.1. The first-order chi connectivity index (χ1) is 10.6. The van der Waals surface area contributed by atoms with Crippen LogP contribution in [0.4, 0.5) is 0 Å². The monoisotopic (exact) mass is 334 g/mol. The van der Waals surface area contributed by atoms with E-state index in [0.717, 1.165) is 17.1 Å². The molecule has 5 nitrogen and oxygen atoms in total. The highest BCUT2D eigenvalue weighted by molar-refractivity contribution is 7.98. The van der Waals surface area contributed by atoms with E-state index in [0.29, 0.717) is 27.7 Å². The number of rotatable bonds is 5. The van der Waals surface area contributed by atoms with Crippen molar-refractivity contribution in [3.05, 3.63) is 47.1 Å². The Kier molecular flexibility index (Phi) is 4.49. The number of thioether (sulfide) groups is 1. The predicted octanol–water partition coefficient (Wildman–Crippen LogP) is 4.53. The first-order valence-electron chi connectivity index (χ1n) is 6.87. The van der Waals surface area contributed by atoms with Gasteiger partial charge in [-0.1, -0.05) is 37.2 Å². The number of oxazole rings is 1. The summed E-state index contributed by atoms with van der Waals surface area (Å²) < 4.78 is 5.66. The van der Waals surface area contributed by atoms with Gasteiger partial charge in [-0.3, -0.25) is 5.10 Å². The molecule has 0 fully saturated rings. The molecule has 0 radical (unpaired) electrons. The number of hydrogen-bond donors (Lipinski definition) is 1. The Balaban J connectivity index is 1.65. The Bertz CT molecular complexity index is 751. The smallest absolute Gasteiger partial charge is 0.209 e. The Morgan fingerprint density at radius 3 is 2.73 bits per heavy atom. The molecule has 22 heavy (non-hydrogen) atoms. The molecule has 3 aromatic rings. The third kappa shape index (κ3) is 3.51. The number of benzene rings is 1. The van der Waals surface area contributed by atoms with Crippen LogP contribution in [0.1, 0.15) is 31.4 Å². The van der Waals surface area contributed by atoms with Gasteiger partial charge >= 0.3 is 0 Å². The summed E-state index contributed by atoms with van der Waals surface area (Å²) >= 11 is 7.36. The van der Waals surface area contributed by atoms with Gasteiger partial charge in [0.1, 0.15) is 5.76 Å². The molecule has 0 spiro atoms. The van der Waals surface area contributed by atoms with Gasteiger partial charge in [-0.25, -0.2) is 9.97 Å². The lowest BCUT2D eigenvalue weighted by molar-refractivity contribution is 0.453. The molecule has 0 unspecified atom stereocenters. The average Bonchev–Trinajstić information content (AvgIpc) is 3.15. The van der Waals surface area contributed by atoms with E-state index in [-0.39, 0.29) is 0 Å². The van der Waals surface area contributed by atoms with E-state index in [9.17, 15) is 0 Å². The minimum atomic E-state index is 0.339. The minimum Gasteiger partial charge on any atom is -0.445 e. The highest BCUT2D eigenvalue weighted by atomic mass is 35.5. The maximum Gasteiger partial charge on any atom is 0.209 e. The molecular weight excluding hydrogens is 320 g/mol. The lowest BCUT2D eigenvalue weighted by atomic mass is 10.2. The highest BCUT2D eigenvalue weighted by Gasteiger charge is 2.10. The second-order valence-corrected chi connectivity index (χ2v) is 6.45. The zero-order chi connectivity index (χ0) is 15.5. The molecule has 2 heterocycles. The average molecular weight is 335 g/mol. The van der Waals surface area contributed by atoms with E-state index in [1.54, 1.807) is 6.20 Å². The third-order valence-electron chi connectivity index (χ3n) is 3.05. The Hall–Kier alpha value is -1.79. The van der Waals surface area contributed by atoms with Gasteiger partial charge in [-0.05, 0) is 24.3 Å². The van der Waals surface area contributed by atoms with Crippen LogP contribution in [0, 0.1) is 0 Å². The van der Waals surface area contributed by atoms with Gasteiger partial charge in [-0.15, -0.1) is 5.10 Å². The molecule has 0 bridgehead atoms. The molecule has 0 aliphatic heterocycles. The van der Waals surface area contributed by atoms with Crippen LogP contribution in [0.2, 0.25) is 5.02 Å². The van der Waals surface area contributed by atoms with Gasteiger partial charge in [0.15, 0.2) is 5.82 Å². The molecule has 3 rings (SSSR count). The summed E-state index contributed by atoms with van der Waals surface area (Å²) in [7, 11) is 0. The summed E-state index contributed by atoms with van der Waals surface area (Å²) in [5.41, 5.74) is 0.946. The fraction of sp³-hybridized carbons (Fsp3) is 0.267. The molecule has 0 atom stereocenters. The topological polar surface area (TPSA) is 67.6 Å². The van der Waals surface area contributed by atoms with Crippen LogP contribution in [-0.4, -0.2) is 20.2 Å². The van der Waals surface area contributed by atoms with Crippen LogP contribution in [0.5, 0.6) is 0 Å². The predicted molar refractivity (Wildman–Crippen MR) is 87.0 cm³/mol. The van der Waals surface area contributed by atoms with Crippen molar-refractivity contribution in [1.29, 1.82) is 0 Å². The molecule has 2 aromatic heterocycles. The van der Waals surface area contributed by atoms with E-state index in [1.165, 1.54) is 11.8 Å². The molecule has 0 saturated heterocycles. The van der Waals surface area contributed by atoms with Crippen LogP contribution in [0.15, 0.2) is 40.0 Å². The van der Waals surface area contributed by atoms with Gasteiger partial charge in [0.2, 0.25) is 11.0 Å². The fourth-order valence-corrected chi connectivity index (χ4v) is 2.61. The maximum atomic E-state index is 5.88. The van der Waals surface area contributed by atoms with Gasteiger partial charge in [0.25, 0.3) is 0 Å². The zero-order valence-electron chi connectivity index (χ0n) is 12.2. The molecule has 0 aliphatic carbocycles. The normalized spacial score (nSPS) is 11.3. The van der Waals surface area contributed by atoms with E-state index in [4.69, 9.17) is 16.0 Å². The summed E-state index contributed by atoms with van der Waals surface area (Å²) in [6.45, 7) is 4.15. The number of H-pyrrole nitrogens is 1. The second-order valence-electron chi connectivity index (χ2n) is 5.07. The van der Waals surface area contributed by atoms with Crippen molar-refractivity contribution in [2.24, 2.45) is 0 Å². The highest BCUT2D eigenvalue weighted by Crippen LogP contribution is 2.24. The number of nitrogens with one attached hydrogen (secondary N) is 1. The van der Waals surface area contributed by atoms with Crippen molar-refractivity contribution >= 4 is 23.4 Å². The van der Waals surface area contributed by atoms with Gasteiger partial charge in [0.05, 0.1) is 11.9 Å². The summed E-state index contributed by atoms with van der Waals surface area (Å²) in [6.07, 6.45) is 1.78. The molecular formula is C15H15ClN4OS. The van der Waals surface area contributed by atoms with Crippen molar-refractivity contribution in [3.8, 4) is 11.4 Å². The number of aromatic amines is 1. The number of halogens is 1. The van der Waals surface area contributed by atoms with Crippen LogP contribution >= 0.6 is 23.4 Å². The zero-order valence-corrected chi connectivity index (χ0v) is 13.8. The molecule has 0 aliphatic rings. The Morgan fingerprint density at radius 1 is 1.27 bits per heavy atom. The summed E-state index contributed by atoms with van der Waals surface area (Å²) in [6, 6.07) is 7.46. The van der Waals surface area contributed by atoms with Gasteiger partial charge < -0.3 is 4.42 Å². The Morgan fingerprint density at radius 2 is 2.05 bits per heavy atom. The van der Waals surface area contributed by atoms with Crippen molar-refractivity contribution in [1.82, 2.24) is 20.2 Å². The standard InChI is InChI=1S/C15H15ClN4OS/c1-9(2)12-7-17-13(21-12)8-22-15-18-14(19-20-15)10-3-5-11(16)6-4-10/h3-7,9H,8H2,1-2H3,(H,18,19,20). The van der Waals surface area contributed by atoms with Crippen molar-refractivity contribution in [2.45, 2.75) is 30.7 Å². The van der Waals surface area contributed by atoms with Crippen molar-refractivity contribution in [3.63, 3.8) is 0 Å². The van der Waals surface area contributed by atoms with Gasteiger partial charge in [0, 0.05) is 16.5 Å². The molecule has 1 aromatic carbocycles.